The van der Waals surface area contributed by atoms with Crippen molar-refractivity contribution in [2.24, 2.45) is 0 Å². The van der Waals surface area contributed by atoms with Crippen LogP contribution in [0.2, 0.25) is 0 Å². The SMILES string of the molecule is COC=C(C(=O)OC)c1ccccc1Oc1ncnc(-c2ccccc2)n1. The van der Waals surface area contributed by atoms with Gasteiger partial charge >= 0.3 is 12.0 Å². The number of hydrogen-bond donors (Lipinski definition) is 0. The van der Waals surface area contributed by atoms with Crippen molar-refractivity contribution in [3.8, 4) is 23.1 Å². The van der Waals surface area contributed by atoms with Gasteiger partial charge in [0.2, 0.25) is 0 Å². The van der Waals surface area contributed by atoms with Crippen molar-refractivity contribution in [1.29, 1.82) is 0 Å². The summed E-state index contributed by atoms with van der Waals surface area (Å²) in [5.74, 6) is 0.323. The Bertz CT molecular complexity index is 958. The Kier molecular flexibility index (Phi) is 5.73. The number of esters is 1. The fourth-order valence-electron chi connectivity index (χ4n) is 2.38. The van der Waals surface area contributed by atoms with Gasteiger partial charge in [0.05, 0.1) is 20.5 Å². The van der Waals surface area contributed by atoms with Crippen LogP contribution in [-0.2, 0) is 14.3 Å². The summed E-state index contributed by atoms with van der Waals surface area (Å²) < 4.78 is 15.6. The lowest BCUT2D eigenvalue weighted by Crippen LogP contribution is -2.06. The van der Waals surface area contributed by atoms with E-state index in [9.17, 15) is 4.79 Å². The van der Waals surface area contributed by atoms with Crippen LogP contribution in [0.25, 0.3) is 17.0 Å². The molecule has 0 fully saturated rings. The first-order valence-electron chi connectivity index (χ1n) is 8.06. The van der Waals surface area contributed by atoms with E-state index < -0.39 is 5.97 Å². The zero-order chi connectivity index (χ0) is 19.1. The zero-order valence-corrected chi connectivity index (χ0v) is 14.8. The standard InChI is InChI=1S/C20H17N3O4/c1-25-12-16(19(24)26-2)15-10-6-7-11-17(15)27-20-22-13-21-18(23-20)14-8-4-3-5-9-14/h3-13H,1-2H3. The van der Waals surface area contributed by atoms with Crippen molar-refractivity contribution in [2.45, 2.75) is 0 Å². The molecule has 0 bridgehead atoms. The first-order chi connectivity index (χ1) is 13.2. The van der Waals surface area contributed by atoms with E-state index in [2.05, 4.69) is 15.0 Å². The highest BCUT2D eigenvalue weighted by Crippen LogP contribution is 2.30. The predicted molar refractivity (Wildman–Crippen MR) is 98.8 cm³/mol. The van der Waals surface area contributed by atoms with Crippen LogP contribution in [0.4, 0.5) is 0 Å². The summed E-state index contributed by atoms with van der Waals surface area (Å²) in [5.41, 5.74) is 1.55. The van der Waals surface area contributed by atoms with E-state index in [0.29, 0.717) is 17.1 Å². The molecule has 2 aromatic carbocycles. The molecule has 1 heterocycles. The first-order valence-corrected chi connectivity index (χ1v) is 8.06. The molecule has 1 aromatic heterocycles. The van der Waals surface area contributed by atoms with Crippen molar-refractivity contribution in [3.05, 3.63) is 72.8 Å². The van der Waals surface area contributed by atoms with Gasteiger partial charge in [-0.1, -0.05) is 48.5 Å². The smallest absolute Gasteiger partial charge is 0.341 e. The van der Waals surface area contributed by atoms with Gasteiger partial charge in [0, 0.05) is 11.1 Å². The third kappa shape index (κ3) is 4.27. The predicted octanol–water partition coefficient (Wildman–Crippen LogP) is 3.49. The molecule has 0 unspecified atom stereocenters. The van der Waals surface area contributed by atoms with Crippen LogP contribution in [0.3, 0.4) is 0 Å². The maximum Gasteiger partial charge on any atom is 0.341 e. The normalized spacial score (nSPS) is 11.0. The highest BCUT2D eigenvalue weighted by molar-refractivity contribution is 6.17. The van der Waals surface area contributed by atoms with E-state index in [0.717, 1.165) is 5.56 Å². The summed E-state index contributed by atoms with van der Waals surface area (Å²) in [4.78, 5) is 24.6. The van der Waals surface area contributed by atoms with Gasteiger partial charge in [-0.15, -0.1) is 0 Å². The van der Waals surface area contributed by atoms with Gasteiger partial charge in [0.25, 0.3) is 0 Å². The number of rotatable bonds is 6. The summed E-state index contributed by atoms with van der Waals surface area (Å²) in [7, 11) is 2.75. The molecule has 0 atom stereocenters. The minimum Gasteiger partial charge on any atom is -0.503 e. The number of aromatic nitrogens is 3. The molecule has 27 heavy (non-hydrogen) atoms. The van der Waals surface area contributed by atoms with Crippen LogP contribution in [0.15, 0.2) is 67.2 Å². The topological polar surface area (TPSA) is 83.4 Å². The second kappa shape index (κ2) is 8.57. The van der Waals surface area contributed by atoms with E-state index in [1.54, 1.807) is 24.3 Å². The van der Waals surface area contributed by atoms with Gasteiger partial charge in [-0.3, -0.25) is 0 Å². The number of benzene rings is 2. The van der Waals surface area contributed by atoms with Crippen LogP contribution in [0.1, 0.15) is 5.56 Å². The van der Waals surface area contributed by atoms with E-state index in [4.69, 9.17) is 14.2 Å². The Morgan fingerprint density at radius 1 is 0.963 bits per heavy atom. The highest BCUT2D eigenvalue weighted by atomic mass is 16.5. The Morgan fingerprint density at radius 3 is 2.44 bits per heavy atom. The molecule has 0 saturated carbocycles. The van der Waals surface area contributed by atoms with Crippen molar-refractivity contribution >= 4 is 11.5 Å². The Morgan fingerprint density at radius 2 is 1.70 bits per heavy atom. The van der Waals surface area contributed by atoms with Gasteiger partial charge < -0.3 is 14.2 Å². The van der Waals surface area contributed by atoms with Crippen LogP contribution in [0, 0.1) is 0 Å². The molecule has 3 aromatic rings. The van der Waals surface area contributed by atoms with Crippen molar-refractivity contribution in [1.82, 2.24) is 15.0 Å². The fourth-order valence-corrected chi connectivity index (χ4v) is 2.38. The zero-order valence-electron chi connectivity index (χ0n) is 14.8. The summed E-state index contributed by atoms with van der Waals surface area (Å²) in [6.45, 7) is 0. The van der Waals surface area contributed by atoms with Crippen LogP contribution in [-0.4, -0.2) is 35.1 Å². The second-order valence-electron chi connectivity index (χ2n) is 5.31. The molecule has 0 aliphatic rings. The molecule has 0 N–H and O–H groups in total. The van der Waals surface area contributed by atoms with Crippen molar-refractivity contribution < 1.29 is 19.0 Å². The van der Waals surface area contributed by atoms with Gasteiger partial charge in [-0.25, -0.2) is 9.78 Å². The molecule has 7 nitrogen and oxygen atoms in total. The third-order valence-electron chi connectivity index (χ3n) is 3.60. The molecule has 0 aliphatic heterocycles. The molecule has 0 radical (unpaired) electrons. The van der Waals surface area contributed by atoms with Gasteiger partial charge in [-0.05, 0) is 6.07 Å². The van der Waals surface area contributed by atoms with Gasteiger partial charge in [-0.2, -0.15) is 9.97 Å². The van der Waals surface area contributed by atoms with E-state index in [1.165, 1.54) is 26.8 Å². The number of methoxy groups -OCH3 is 2. The lowest BCUT2D eigenvalue weighted by molar-refractivity contribution is -0.133. The number of hydrogen-bond acceptors (Lipinski definition) is 7. The van der Waals surface area contributed by atoms with Crippen molar-refractivity contribution in [2.75, 3.05) is 14.2 Å². The first kappa shape index (κ1) is 18.1. The van der Waals surface area contributed by atoms with Crippen LogP contribution < -0.4 is 4.74 Å². The number of ether oxygens (including phenoxy) is 3. The Hall–Kier alpha value is -3.74. The molecular formula is C20H17N3O4. The second-order valence-corrected chi connectivity index (χ2v) is 5.31. The van der Waals surface area contributed by atoms with E-state index in [-0.39, 0.29) is 11.6 Å². The molecule has 7 heteroatoms. The number of carbonyl (C=O) groups is 1. The third-order valence-corrected chi connectivity index (χ3v) is 3.60. The maximum absolute atomic E-state index is 12.1. The molecule has 0 amide bonds. The summed E-state index contributed by atoms with van der Waals surface area (Å²) in [6, 6.07) is 16.6. The molecule has 3 rings (SSSR count). The number of carbonyl (C=O) groups excluding carboxylic acids is 1. The summed E-state index contributed by atoms with van der Waals surface area (Å²) in [5, 5.41) is 0. The molecule has 0 spiro atoms. The monoisotopic (exact) mass is 363 g/mol. The highest BCUT2D eigenvalue weighted by Gasteiger charge is 2.18. The maximum atomic E-state index is 12.1. The van der Waals surface area contributed by atoms with Gasteiger partial charge in [0.15, 0.2) is 5.82 Å². The quantitative estimate of drug-likeness (QED) is 0.376. The number of para-hydroxylation sites is 1. The summed E-state index contributed by atoms with van der Waals surface area (Å²) in [6.07, 6.45) is 2.68. The lowest BCUT2D eigenvalue weighted by Gasteiger charge is -2.11. The van der Waals surface area contributed by atoms with Crippen LogP contribution in [0.5, 0.6) is 11.8 Å². The fraction of sp³-hybridized carbons (Fsp3) is 0.100. The van der Waals surface area contributed by atoms with E-state index in [1.807, 2.05) is 30.3 Å². The number of nitrogens with zero attached hydrogens (tertiary/aromatic N) is 3. The van der Waals surface area contributed by atoms with Crippen LogP contribution >= 0.6 is 0 Å². The Balaban J connectivity index is 1.96. The van der Waals surface area contributed by atoms with E-state index >= 15 is 0 Å². The molecule has 136 valence electrons. The molecule has 0 saturated heterocycles. The molecule has 0 aliphatic carbocycles. The summed E-state index contributed by atoms with van der Waals surface area (Å²) >= 11 is 0. The average Bonchev–Trinajstić information content (AvgIpc) is 2.73. The Labute approximate surface area is 156 Å². The minimum absolute atomic E-state index is 0.109. The van der Waals surface area contributed by atoms with Crippen molar-refractivity contribution in [3.63, 3.8) is 0 Å². The largest absolute Gasteiger partial charge is 0.503 e. The van der Waals surface area contributed by atoms with Gasteiger partial charge in [0.1, 0.15) is 17.6 Å². The lowest BCUT2D eigenvalue weighted by atomic mass is 10.1. The molecular weight excluding hydrogens is 346 g/mol. The average molecular weight is 363 g/mol. The minimum atomic E-state index is -0.548.